The number of hydrogen-bond donors (Lipinski definition) is 1. The highest BCUT2D eigenvalue weighted by Crippen LogP contribution is 2.16. The molecule has 0 fully saturated rings. The van der Waals surface area contributed by atoms with E-state index in [1.807, 2.05) is 31.3 Å². The molecule has 1 heterocycles. The highest BCUT2D eigenvalue weighted by molar-refractivity contribution is 5.72. The number of oxazole rings is 1. The van der Waals surface area contributed by atoms with Crippen LogP contribution in [-0.4, -0.2) is 18.1 Å². The summed E-state index contributed by atoms with van der Waals surface area (Å²) in [5.41, 5.74) is 1.83. The summed E-state index contributed by atoms with van der Waals surface area (Å²) in [6.07, 6.45) is 3.18. The molecular weight excluding hydrogens is 200 g/mol. The van der Waals surface area contributed by atoms with Crippen molar-refractivity contribution in [3.8, 4) is 0 Å². The van der Waals surface area contributed by atoms with Crippen molar-refractivity contribution in [1.82, 2.24) is 10.3 Å². The summed E-state index contributed by atoms with van der Waals surface area (Å²) in [4.78, 5) is 4.48. The monoisotopic (exact) mass is 218 g/mol. The van der Waals surface area contributed by atoms with Crippen LogP contribution in [0.1, 0.15) is 25.7 Å². The Bertz CT molecular complexity index is 417. The first kappa shape index (κ1) is 11.1. The van der Waals surface area contributed by atoms with Crippen LogP contribution in [0.4, 0.5) is 0 Å². The van der Waals surface area contributed by atoms with Crippen molar-refractivity contribution in [2.24, 2.45) is 0 Å². The third-order valence-electron chi connectivity index (χ3n) is 2.80. The van der Waals surface area contributed by atoms with Gasteiger partial charge in [0, 0.05) is 12.5 Å². The van der Waals surface area contributed by atoms with Gasteiger partial charge in [0.2, 0.25) is 0 Å². The summed E-state index contributed by atoms with van der Waals surface area (Å²) < 4.78 is 5.70. The third kappa shape index (κ3) is 2.42. The van der Waals surface area contributed by atoms with Gasteiger partial charge in [0.25, 0.3) is 0 Å². The minimum absolute atomic E-state index is 0.457. The molecule has 2 aromatic rings. The number of para-hydroxylation sites is 2. The molecule has 1 aromatic carbocycles. The molecule has 2 rings (SSSR count). The van der Waals surface area contributed by atoms with E-state index < -0.39 is 0 Å². The van der Waals surface area contributed by atoms with Gasteiger partial charge in [-0.05, 0) is 25.6 Å². The molecule has 1 unspecified atom stereocenters. The molecule has 0 radical (unpaired) electrons. The lowest BCUT2D eigenvalue weighted by Gasteiger charge is -2.12. The molecule has 1 aromatic heterocycles. The number of benzene rings is 1. The van der Waals surface area contributed by atoms with E-state index >= 15 is 0 Å². The highest BCUT2D eigenvalue weighted by Gasteiger charge is 2.11. The standard InChI is InChI=1S/C13H18N2O/c1-3-6-10(14-2)9-13-15-11-7-4-5-8-12(11)16-13/h4-5,7-8,10,14H,3,6,9H2,1-2H3. The summed E-state index contributed by atoms with van der Waals surface area (Å²) in [5, 5.41) is 3.30. The van der Waals surface area contributed by atoms with Gasteiger partial charge in [-0.25, -0.2) is 4.98 Å². The van der Waals surface area contributed by atoms with Crippen LogP contribution in [0.5, 0.6) is 0 Å². The molecule has 16 heavy (non-hydrogen) atoms. The molecule has 0 aliphatic heterocycles. The zero-order chi connectivity index (χ0) is 11.4. The Morgan fingerprint density at radius 3 is 2.88 bits per heavy atom. The van der Waals surface area contributed by atoms with Gasteiger partial charge in [-0.15, -0.1) is 0 Å². The molecule has 0 bridgehead atoms. The molecule has 1 N–H and O–H groups in total. The van der Waals surface area contributed by atoms with Crippen molar-refractivity contribution in [2.75, 3.05) is 7.05 Å². The van der Waals surface area contributed by atoms with E-state index in [0.29, 0.717) is 6.04 Å². The molecule has 86 valence electrons. The van der Waals surface area contributed by atoms with E-state index in [1.54, 1.807) is 0 Å². The Labute approximate surface area is 95.9 Å². The molecular formula is C13H18N2O. The van der Waals surface area contributed by atoms with Crippen LogP contribution >= 0.6 is 0 Å². The Balaban J connectivity index is 2.14. The van der Waals surface area contributed by atoms with Crippen LogP contribution < -0.4 is 5.32 Å². The molecule has 0 aliphatic rings. The Morgan fingerprint density at radius 2 is 2.19 bits per heavy atom. The van der Waals surface area contributed by atoms with Crippen LogP contribution in [0.2, 0.25) is 0 Å². The van der Waals surface area contributed by atoms with Gasteiger partial charge >= 0.3 is 0 Å². The Morgan fingerprint density at radius 1 is 1.38 bits per heavy atom. The van der Waals surface area contributed by atoms with Gasteiger partial charge in [-0.1, -0.05) is 25.5 Å². The van der Waals surface area contributed by atoms with E-state index in [0.717, 1.165) is 29.8 Å². The number of rotatable bonds is 5. The molecule has 0 aliphatic carbocycles. The predicted molar refractivity (Wildman–Crippen MR) is 65.5 cm³/mol. The van der Waals surface area contributed by atoms with Crippen LogP contribution in [0.25, 0.3) is 11.1 Å². The average Bonchev–Trinajstić information content (AvgIpc) is 2.70. The minimum atomic E-state index is 0.457. The summed E-state index contributed by atoms with van der Waals surface area (Å²) in [7, 11) is 1.99. The largest absolute Gasteiger partial charge is 0.441 e. The molecule has 0 saturated carbocycles. The topological polar surface area (TPSA) is 38.1 Å². The maximum Gasteiger partial charge on any atom is 0.197 e. The van der Waals surface area contributed by atoms with Crippen molar-refractivity contribution in [3.63, 3.8) is 0 Å². The molecule has 3 heteroatoms. The zero-order valence-electron chi connectivity index (χ0n) is 9.86. The van der Waals surface area contributed by atoms with Crippen LogP contribution in [-0.2, 0) is 6.42 Å². The third-order valence-corrected chi connectivity index (χ3v) is 2.80. The van der Waals surface area contributed by atoms with Crippen LogP contribution in [0.15, 0.2) is 28.7 Å². The number of fused-ring (bicyclic) bond motifs is 1. The van der Waals surface area contributed by atoms with E-state index in [2.05, 4.69) is 17.2 Å². The second-order valence-electron chi connectivity index (χ2n) is 4.05. The molecule has 0 amide bonds. The fourth-order valence-corrected chi connectivity index (χ4v) is 1.91. The molecule has 0 spiro atoms. The molecule has 3 nitrogen and oxygen atoms in total. The van der Waals surface area contributed by atoms with Gasteiger partial charge in [-0.2, -0.15) is 0 Å². The Hall–Kier alpha value is -1.35. The first-order valence-electron chi connectivity index (χ1n) is 5.85. The van der Waals surface area contributed by atoms with E-state index in [9.17, 15) is 0 Å². The Kier molecular flexibility index (Phi) is 3.57. The fourth-order valence-electron chi connectivity index (χ4n) is 1.91. The summed E-state index contributed by atoms with van der Waals surface area (Å²) in [6, 6.07) is 8.35. The predicted octanol–water partition coefficient (Wildman–Crippen LogP) is 2.76. The summed E-state index contributed by atoms with van der Waals surface area (Å²) >= 11 is 0. The SMILES string of the molecule is CCCC(Cc1nc2ccccc2o1)NC. The van der Waals surface area contributed by atoms with Gasteiger partial charge < -0.3 is 9.73 Å². The average molecular weight is 218 g/mol. The van der Waals surface area contributed by atoms with Crippen molar-refractivity contribution in [3.05, 3.63) is 30.2 Å². The molecule has 1 atom stereocenters. The molecule has 0 saturated heterocycles. The summed E-state index contributed by atoms with van der Waals surface area (Å²) in [5.74, 6) is 0.828. The van der Waals surface area contributed by atoms with Gasteiger partial charge in [0.1, 0.15) is 5.52 Å². The van der Waals surface area contributed by atoms with Gasteiger partial charge in [-0.3, -0.25) is 0 Å². The second-order valence-corrected chi connectivity index (χ2v) is 4.05. The number of aromatic nitrogens is 1. The number of nitrogens with zero attached hydrogens (tertiary/aromatic N) is 1. The quantitative estimate of drug-likeness (QED) is 0.838. The van der Waals surface area contributed by atoms with E-state index in [4.69, 9.17) is 4.42 Å². The maximum atomic E-state index is 5.70. The number of likely N-dealkylation sites (N-methyl/N-ethyl adjacent to an activating group) is 1. The fraction of sp³-hybridized carbons (Fsp3) is 0.462. The van der Waals surface area contributed by atoms with E-state index in [1.165, 1.54) is 6.42 Å². The van der Waals surface area contributed by atoms with Crippen molar-refractivity contribution in [2.45, 2.75) is 32.2 Å². The highest BCUT2D eigenvalue weighted by atomic mass is 16.3. The normalized spacial score (nSPS) is 13.1. The lowest BCUT2D eigenvalue weighted by molar-refractivity contribution is 0.444. The van der Waals surface area contributed by atoms with Crippen molar-refractivity contribution in [1.29, 1.82) is 0 Å². The maximum absolute atomic E-state index is 5.70. The van der Waals surface area contributed by atoms with Crippen molar-refractivity contribution >= 4 is 11.1 Å². The minimum Gasteiger partial charge on any atom is -0.441 e. The van der Waals surface area contributed by atoms with Gasteiger partial charge in [0.05, 0.1) is 0 Å². The lowest BCUT2D eigenvalue weighted by Crippen LogP contribution is -2.27. The summed E-state index contributed by atoms with van der Waals surface area (Å²) in [6.45, 7) is 2.19. The number of nitrogens with one attached hydrogen (secondary N) is 1. The lowest BCUT2D eigenvalue weighted by atomic mass is 10.1. The van der Waals surface area contributed by atoms with Crippen molar-refractivity contribution < 1.29 is 4.42 Å². The van der Waals surface area contributed by atoms with Gasteiger partial charge in [0.15, 0.2) is 11.5 Å². The first-order valence-corrected chi connectivity index (χ1v) is 5.85. The van der Waals surface area contributed by atoms with Crippen LogP contribution in [0.3, 0.4) is 0 Å². The smallest absolute Gasteiger partial charge is 0.197 e. The van der Waals surface area contributed by atoms with Crippen LogP contribution in [0, 0.1) is 0 Å². The van der Waals surface area contributed by atoms with E-state index in [-0.39, 0.29) is 0 Å². The second kappa shape index (κ2) is 5.12. The first-order chi connectivity index (χ1) is 7.83. The number of hydrogen-bond acceptors (Lipinski definition) is 3. The zero-order valence-corrected chi connectivity index (χ0v) is 9.86.